The Morgan fingerprint density at radius 2 is 1.91 bits per heavy atom. The lowest BCUT2D eigenvalue weighted by Crippen LogP contribution is -2.46. The van der Waals surface area contributed by atoms with Crippen molar-refractivity contribution in [2.24, 2.45) is 5.41 Å². The predicted octanol–water partition coefficient (Wildman–Crippen LogP) is 4.73. The summed E-state index contributed by atoms with van der Waals surface area (Å²) in [4.78, 5) is 13.4. The molecule has 2 saturated carbocycles. The number of ether oxygens (including phenoxy) is 2. The molecule has 1 spiro atoms. The number of amides is 1. The van der Waals surface area contributed by atoms with Gasteiger partial charge in [-0.25, -0.2) is 4.72 Å². The minimum atomic E-state index is -4.08. The van der Waals surface area contributed by atoms with E-state index in [4.69, 9.17) is 9.47 Å². The fourth-order valence-corrected chi connectivity index (χ4v) is 8.95. The number of likely N-dealkylation sites (N-methyl/N-ethyl adjacent to an activating group) is 2. The third kappa shape index (κ3) is 5.12. The fraction of sp³-hybridized carbons (Fsp3) is 0.545. The van der Waals surface area contributed by atoms with E-state index in [9.17, 15) is 18.4 Å². The number of quaternary nitrogens is 1. The van der Waals surface area contributed by atoms with Crippen LogP contribution < -0.4 is 9.46 Å². The quantitative estimate of drug-likeness (QED) is 0.327. The third-order valence-corrected chi connectivity index (χ3v) is 11.9. The van der Waals surface area contributed by atoms with Crippen LogP contribution in [0.2, 0.25) is 0 Å². The molecular formula is C33H42N4O6S. The van der Waals surface area contributed by atoms with Gasteiger partial charge in [0.2, 0.25) is 0 Å². The fourth-order valence-electron chi connectivity index (χ4n) is 8.12. The van der Waals surface area contributed by atoms with E-state index in [1.54, 1.807) is 20.2 Å². The molecule has 2 fully saturated rings. The van der Waals surface area contributed by atoms with Gasteiger partial charge >= 0.3 is 10.2 Å². The van der Waals surface area contributed by atoms with Crippen molar-refractivity contribution in [3.8, 4) is 17.0 Å². The molecule has 3 atom stereocenters. The number of benzene rings is 2. The van der Waals surface area contributed by atoms with Crippen LogP contribution in [-0.4, -0.2) is 81.9 Å². The second kappa shape index (κ2) is 10.8. The Labute approximate surface area is 259 Å². The molecule has 2 aromatic carbocycles. The van der Waals surface area contributed by atoms with Gasteiger partial charge in [0.1, 0.15) is 12.3 Å². The van der Waals surface area contributed by atoms with Gasteiger partial charge < -0.3 is 23.9 Å². The van der Waals surface area contributed by atoms with Crippen LogP contribution in [0.5, 0.6) is 5.75 Å². The number of aromatic nitrogens is 1. The van der Waals surface area contributed by atoms with Gasteiger partial charge in [-0.2, -0.15) is 12.7 Å². The number of hydrogen-bond donors (Lipinski definition) is 1. The molecular weight excluding hydrogens is 580 g/mol. The van der Waals surface area contributed by atoms with Crippen LogP contribution in [0.25, 0.3) is 22.2 Å². The summed E-state index contributed by atoms with van der Waals surface area (Å²) in [6.07, 6.45) is 6.70. The predicted molar refractivity (Wildman–Crippen MR) is 169 cm³/mol. The molecule has 44 heavy (non-hydrogen) atoms. The summed E-state index contributed by atoms with van der Waals surface area (Å²) in [7, 11) is 0.736. The van der Waals surface area contributed by atoms with Gasteiger partial charge in [0.05, 0.1) is 39.6 Å². The molecule has 0 saturated heterocycles. The Morgan fingerprint density at radius 3 is 2.68 bits per heavy atom. The first kappa shape index (κ1) is 29.7. The summed E-state index contributed by atoms with van der Waals surface area (Å²) in [5.74, 6) is 0.731. The number of fused-ring (bicyclic) bond motifs is 4. The molecule has 2 aliphatic heterocycles. The Morgan fingerprint density at radius 1 is 1.11 bits per heavy atom. The van der Waals surface area contributed by atoms with Gasteiger partial charge in [-0.1, -0.05) is 25.3 Å². The highest BCUT2D eigenvalue weighted by Gasteiger charge is 2.60. The third-order valence-electron chi connectivity index (χ3n) is 10.5. The maximum Gasteiger partial charge on any atom is 0.303 e. The zero-order chi connectivity index (χ0) is 30.9. The summed E-state index contributed by atoms with van der Waals surface area (Å²) < 4.78 is 42.6. The highest BCUT2D eigenvalue weighted by molar-refractivity contribution is 7.87. The molecule has 3 unspecified atom stereocenters. The Bertz CT molecular complexity index is 1730. The van der Waals surface area contributed by atoms with Gasteiger partial charge in [0.25, 0.3) is 5.91 Å². The number of carbonyl (C=O) groups excluding carboxylic acids is 1. The number of carbonyl (C=O) groups is 1. The minimum absolute atomic E-state index is 0.0613. The van der Waals surface area contributed by atoms with Gasteiger partial charge in [0, 0.05) is 47.6 Å². The molecule has 3 heterocycles. The second-order valence-corrected chi connectivity index (χ2v) is 15.3. The van der Waals surface area contributed by atoms with Gasteiger partial charge in [-0.05, 0) is 72.6 Å². The van der Waals surface area contributed by atoms with E-state index in [1.807, 2.05) is 18.2 Å². The molecule has 1 amide bonds. The van der Waals surface area contributed by atoms with Crippen molar-refractivity contribution in [2.45, 2.75) is 56.9 Å². The van der Waals surface area contributed by atoms with Crippen molar-refractivity contribution in [1.29, 1.82) is 0 Å². The molecule has 4 aliphatic rings. The Hall–Kier alpha value is -2.96. The highest BCUT2D eigenvalue weighted by atomic mass is 32.2. The first-order chi connectivity index (χ1) is 21.0. The van der Waals surface area contributed by atoms with Crippen LogP contribution in [-0.2, 0) is 21.5 Å². The van der Waals surface area contributed by atoms with Crippen LogP contribution in [0.15, 0.2) is 36.4 Å². The molecule has 3 aromatic rings. The van der Waals surface area contributed by atoms with E-state index in [0.29, 0.717) is 19.0 Å². The standard InChI is InChI=1S/C33H42N4O6S/c1-35-13-15-43-16-14-37(2,39)21-33-19-28(33)27-18-24(42-3)10-12-25(27)31-30(22-7-5-4-6-8-22)26-11-9-23(17-29(26)36(31)20-33)32(38)34-44(35,40)41/h9-12,17-18,22,28H,4-8,13-16,19-21H2,1-3H3,(H,34,38). The SMILES string of the molecule is COc1ccc2c(c1)C1CC13Cn1c-2c(C2CCCCC2)c2ccc(cc21)C(=O)NS(=O)(=O)N(C)CCOCC[N+](C)([O-])C3. The summed E-state index contributed by atoms with van der Waals surface area (Å²) in [5, 5.41) is 15.1. The number of hydroxylamine groups is 3. The van der Waals surface area contributed by atoms with E-state index in [2.05, 4.69) is 21.4 Å². The van der Waals surface area contributed by atoms with Crippen LogP contribution in [0.3, 0.4) is 0 Å². The van der Waals surface area contributed by atoms with Crippen molar-refractivity contribution in [3.05, 3.63) is 58.3 Å². The summed E-state index contributed by atoms with van der Waals surface area (Å²) >= 11 is 0. The average molecular weight is 623 g/mol. The number of methoxy groups -OCH3 is 1. The van der Waals surface area contributed by atoms with Gasteiger partial charge in [0.15, 0.2) is 0 Å². The molecule has 4 bridgehead atoms. The smallest absolute Gasteiger partial charge is 0.303 e. The van der Waals surface area contributed by atoms with Crippen LogP contribution in [0, 0.1) is 10.6 Å². The maximum absolute atomic E-state index is 14.0. The number of nitrogens with one attached hydrogen (secondary N) is 1. The lowest BCUT2D eigenvalue weighted by Gasteiger charge is -2.42. The van der Waals surface area contributed by atoms with Crippen LogP contribution >= 0.6 is 0 Å². The lowest BCUT2D eigenvalue weighted by molar-refractivity contribution is -0.866. The normalized spacial score (nSPS) is 29.5. The molecule has 10 nitrogen and oxygen atoms in total. The van der Waals surface area contributed by atoms with E-state index >= 15 is 0 Å². The minimum Gasteiger partial charge on any atom is -0.633 e. The topological polar surface area (TPSA) is 113 Å². The number of hydrogen-bond acceptors (Lipinski definition) is 6. The van der Waals surface area contributed by atoms with Crippen molar-refractivity contribution < 1.29 is 27.3 Å². The van der Waals surface area contributed by atoms with E-state index in [1.165, 1.54) is 48.7 Å². The summed E-state index contributed by atoms with van der Waals surface area (Å²) in [6.45, 7) is 1.75. The number of nitrogens with zero attached hydrogens (tertiary/aromatic N) is 3. The molecule has 1 N–H and O–H groups in total. The molecule has 11 heteroatoms. The highest BCUT2D eigenvalue weighted by Crippen LogP contribution is 2.66. The van der Waals surface area contributed by atoms with Crippen LogP contribution in [0.1, 0.15) is 71.8 Å². The molecule has 0 radical (unpaired) electrons. The average Bonchev–Trinajstić information content (AvgIpc) is 3.62. The van der Waals surface area contributed by atoms with Crippen LogP contribution in [0.4, 0.5) is 0 Å². The van der Waals surface area contributed by atoms with Gasteiger partial charge in [-0.15, -0.1) is 0 Å². The first-order valence-corrected chi connectivity index (χ1v) is 17.2. The van der Waals surface area contributed by atoms with Crippen molar-refractivity contribution in [1.82, 2.24) is 13.6 Å². The molecule has 7 rings (SSSR count). The van der Waals surface area contributed by atoms with E-state index in [-0.39, 0.29) is 43.2 Å². The zero-order valence-corrected chi connectivity index (χ0v) is 26.6. The maximum atomic E-state index is 14.0. The monoisotopic (exact) mass is 622 g/mol. The summed E-state index contributed by atoms with van der Waals surface area (Å²) in [5.41, 5.74) is 5.80. The zero-order valence-electron chi connectivity index (χ0n) is 25.8. The second-order valence-electron chi connectivity index (χ2n) is 13.5. The first-order valence-electron chi connectivity index (χ1n) is 15.8. The molecule has 236 valence electrons. The summed E-state index contributed by atoms with van der Waals surface area (Å²) in [6, 6.07) is 11.9. The van der Waals surface area contributed by atoms with Crippen molar-refractivity contribution >= 4 is 27.0 Å². The van der Waals surface area contributed by atoms with E-state index in [0.717, 1.165) is 40.2 Å². The lowest BCUT2D eigenvalue weighted by atomic mass is 9.81. The van der Waals surface area contributed by atoms with E-state index < -0.39 is 20.8 Å². The van der Waals surface area contributed by atoms with Crippen molar-refractivity contribution in [2.75, 3.05) is 54.1 Å². The molecule has 2 aliphatic carbocycles. The van der Waals surface area contributed by atoms with Crippen molar-refractivity contribution in [3.63, 3.8) is 0 Å². The Balaban J connectivity index is 1.47. The molecule has 1 aromatic heterocycles. The number of rotatable bonds is 2. The Kier molecular flexibility index (Phi) is 7.32. The largest absolute Gasteiger partial charge is 0.633 e. The van der Waals surface area contributed by atoms with Gasteiger partial charge in [-0.3, -0.25) is 4.79 Å².